The number of aromatic amines is 1. The number of carbonyl (C=O) groups is 2. The molecule has 2 aliphatic heterocycles. The molecular weight excluding hydrogens is 585 g/mol. The number of oxime groups is 1. The Labute approximate surface area is 251 Å². The maximum absolute atomic E-state index is 13.2. The van der Waals surface area contributed by atoms with Crippen molar-refractivity contribution in [1.82, 2.24) is 9.88 Å². The Balaban J connectivity index is 1.15. The molecule has 41 heavy (non-hydrogen) atoms. The molecule has 0 saturated carbocycles. The summed E-state index contributed by atoms with van der Waals surface area (Å²) in [5.74, 6) is -0.506. The van der Waals surface area contributed by atoms with E-state index in [0.29, 0.717) is 49.0 Å². The number of amides is 2. The van der Waals surface area contributed by atoms with E-state index in [-0.39, 0.29) is 12.0 Å². The lowest BCUT2D eigenvalue weighted by molar-refractivity contribution is -0.114. The first-order chi connectivity index (χ1) is 19.9. The number of benzene rings is 3. The first-order valence-electron chi connectivity index (χ1n) is 13.2. The van der Waals surface area contributed by atoms with E-state index >= 15 is 0 Å². The summed E-state index contributed by atoms with van der Waals surface area (Å²) < 4.78 is 0. The second-order valence-electron chi connectivity index (χ2n) is 9.94. The summed E-state index contributed by atoms with van der Waals surface area (Å²) in [5.41, 5.74) is 5.47. The summed E-state index contributed by atoms with van der Waals surface area (Å²) >= 11 is 18.1. The first-order valence-corrected chi connectivity index (χ1v) is 14.4. The summed E-state index contributed by atoms with van der Waals surface area (Å²) in [7, 11) is 0. The quantitative estimate of drug-likeness (QED) is 0.248. The van der Waals surface area contributed by atoms with Gasteiger partial charge in [0.2, 0.25) is 0 Å². The van der Waals surface area contributed by atoms with Crippen LogP contribution in [0.2, 0.25) is 5.02 Å². The number of halogens is 3. The highest BCUT2D eigenvalue weighted by atomic mass is 35.5. The number of nitrogens with zero attached hydrogens (tertiary/aromatic N) is 3. The number of rotatable bonds is 6. The monoisotopic (exact) mass is 609 g/mol. The predicted molar refractivity (Wildman–Crippen MR) is 163 cm³/mol. The van der Waals surface area contributed by atoms with Crippen molar-refractivity contribution in [3.05, 3.63) is 94.6 Å². The SMILES string of the molecule is O=C(Nc1cccc(C2CC(c3c(Cl)cccc3N3CCN(C(=O)c4cc5ccccc5[nH]4)CC3)=NO2)c1)C(Cl)Cl. The third-order valence-electron chi connectivity index (χ3n) is 7.34. The van der Waals surface area contributed by atoms with E-state index in [1.165, 1.54) is 0 Å². The maximum Gasteiger partial charge on any atom is 0.270 e. The zero-order chi connectivity index (χ0) is 28.5. The van der Waals surface area contributed by atoms with Crippen molar-refractivity contribution in [3.8, 4) is 0 Å². The van der Waals surface area contributed by atoms with E-state index in [9.17, 15) is 9.59 Å². The van der Waals surface area contributed by atoms with Crippen LogP contribution in [0.1, 0.15) is 34.1 Å². The average molecular weight is 611 g/mol. The van der Waals surface area contributed by atoms with Crippen LogP contribution < -0.4 is 10.2 Å². The summed E-state index contributed by atoms with van der Waals surface area (Å²) in [6.45, 7) is 2.47. The molecule has 8 nitrogen and oxygen atoms in total. The highest BCUT2D eigenvalue weighted by Gasteiger charge is 2.30. The fourth-order valence-electron chi connectivity index (χ4n) is 5.29. The zero-order valence-electron chi connectivity index (χ0n) is 21.8. The van der Waals surface area contributed by atoms with Crippen molar-refractivity contribution in [2.75, 3.05) is 36.4 Å². The molecule has 210 valence electrons. The summed E-state index contributed by atoms with van der Waals surface area (Å²) in [6, 6.07) is 22.9. The number of carbonyl (C=O) groups excluding carboxylic acids is 2. The van der Waals surface area contributed by atoms with Crippen molar-refractivity contribution in [3.63, 3.8) is 0 Å². The molecule has 0 radical (unpaired) electrons. The highest BCUT2D eigenvalue weighted by Crippen LogP contribution is 2.37. The van der Waals surface area contributed by atoms with Crippen LogP contribution in [0.25, 0.3) is 10.9 Å². The maximum atomic E-state index is 13.2. The number of piperazine rings is 1. The molecule has 3 aromatic carbocycles. The van der Waals surface area contributed by atoms with Crippen molar-refractivity contribution in [2.24, 2.45) is 5.16 Å². The van der Waals surface area contributed by atoms with Gasteiger partial charge in [0.05, 0.1) is 10.7 Å². The van der Waals surface area contributed by atoms with Crippen molar-refractivity contribution in [1.29, 1.82) is 0 Å². The zero-order valence-corrected chi connectivity index (χ0v) is 24.1. The molecule has 0 bridgehead atoms. The van der Waals surface area contributed by atoms with Crippen molar-refractivity contribution >= 4 is 74.6 Å². The van der Waals surface area contributed by atoms with Crippen LogP contribution in [0.4, 0.5) is 11.4 Å². The molecule has 1 fully saturated rings. The van der Waals surface area contributed by atoms with Crippen LogP contribution in [-0.2, 0) is 9.63 Å². The second-order valence-corrected chi connectivity index (χ2v) is 11.4. The summed E-state index contributed by atoms with van der Waals surface area (Å²) in [5, 5.41) is 8.70. The van der Waals surface area contributed by atoms with Gasteiger partial charge in [0.25, 0.3) is 11.8 Å². The number of H-pyrrole nitrogens is 1. The molecule has 2 amide bonds. The minimum atomic E-state index is -1.16. The van der Waals surface area contributed by atoms with E-state index in [4.69, 9.17) is 39.6 Å². The molecule has 11 heteroatoms. The Morgan fingerprint density at radius 3 is 2.54 bits per heavy atom. The number of hydrogen-bond donors (Lipinski definition) is 2. The number of para-hydroxylation sites is 1. The average Bonchev–Trinajstić information content (AvgIpc) is 3.65. The molecule has 3 heterocycles. The molecular formula is C30H26Cl3N5O3. The number of aromatic nitrogens is 1. The Kier molecular flexibility index (Phi) is 7.79. The van der Waals surface area contributed by atoms with Crippen molar-refractivity contribution < 1.29 is 14.4 Å². The predicted octanol–water partition coefficient (Wildman–Crippen LogP) is 6.39. The van der Waals surface area contributed by atoms with Gasteiger partial charge in [-0.05, 0) is 42.0 Å². The lowest BCUT2D eigenvalue weighted by Gasteiger charge is -2.37. The van der Waals surface area contributed by atoms with E-state index in [2.05, 4.69) is 20.4 Å². The topological polar surface area (TPSA) is 90.0 Å². The lowest BCUT2D eigenvalue weighted by atomic mass is 9.98. The van der Waals surface area contributed by atoms with Crippen molar-refractivity contribution in [2.45, 2.75) is 17.4 Å². The number of anilines is 2. The minimum Gasteiger partial charge on any atom is -0.387 e. The van der Waals surface area contributed by atoms with Gasteiger partial charge in [-0.3, -0.25) is 9.59 Å². The van der Waals surface area contributed by atoms with Gasteiger partial charge in [-0.2, -0.15) is 0 Å². The Bertz CT molecular complexity index is 1610. The minimum absolute atomic E-state index is 0.00499. The van der Waals surface area contributed by atoms with Crippen LogP contribution >= 0.6 is 34.8 Å². The van der Waals surface area contributed by atoms with E-state index in [1.54, 1.807) is 6.07 Å². The van der Waals surface area contributed by atoms with Crippen LogP contribution in [0.15, 0.2) is 78.0 Å². The molecule has 1 unspecified atom stereocenters. The first kappa shape index (κ1) is 27.4. The second kappa shape index (κ2) is 11.6. The molecule has 1 aromatic heterocycles. The molecule has 4 aromatic rings. The largest absolute Gasteiger partial charge is 0.387 e. The highest BCUT2D eigenvalue weighted by molar-refractivity contribution is 6.54. The molecule has 0 aliphatic carbocycles. The molecule has 1 saturated heterocycles. The number of alkyl halides is 2. The molecule has 6 rings (SSSR count). The summed E-state index contributed by atoms with van der Waals surface area (Å²) in [4.78, 5) is 37.1. The molecule has 2 aliphatic rings. The van der Waals surface area contributed by atoms with Gasteiger partial charge in [0.15, 0.2) is 10.9 Å². The van der Waals surface area contributed by atoms with Gasteiger partial charge >= 0.3 is 0 Å². The van der Waals surface area contributed by atoms with E-state index in [1.807, 2.05) is 71.6 Å². The summed E-state index contributed by atoms with van der Waals surface area (Å²) in [6.07, 6.45) is 0.153. The Hall–Kier alpha value is -3.72. The van der Waals surface area contributed by atoms with E-state index in [0.717, 1.165) is 33.4 Å². The van der Waals surface area contributed by atoms with Gasteiger partial charge in [0.1, 0.15) is 5.69 Å². The fraction of sp³-hybridized carbons (Fsp3) is 0.233. The van der Waals surface area contributed by atoms with Gasteiger partial charge in [-0.1, -0.05) is 76.4 Å². The van der Waals surface area contributed by atoms with Crippen LogP contribution in [0, 0.1) is 0 Å². The number of nitrogens with one attached hydrogen (secondary N) is 2. The smallest absolute Gasteiger partial charge is 0.270 e. The van der Waals surface area contributed by atoms with Crippen LogP contribution in [-0.4, -0.2) is 58.4 Å². The molecule has 0 spiro atoms. The van der Waals surface area contributed by atoms with Crippen LogP contribution in [0.5, 0.6) is 0 Å². The third kappa shape index (κ3) is 5.73. The molecule has 1 atom stereocenters. The Morgan fingerprint density at radius 1 is 0.976 bits per heavy atom. The van der Waals surface area contributed by atoms with Gasteiger partial charge in [-0.25, -0.2) is 0 Å². The normalized spacial score (nSPS) is 17.1. The lowest BCUT2D eigenvalue weighted by Crippen LogP contribution is -2.49. The van der Waals surface area contributed by atoms with Gasteiger partial charge in [0, 0.05) is 60.4 Å². The number of fused-ring (bicyclic) bond motifs is 1. The van der Waals surface area contributed by atoms with E-state index < -0.39 is 10.7 Å². The Morgan fingerprint density at radius 2 is 1.76 bits per heavy atom. The van der Waals surface area contributed by atoms with Gasteiger partial charge < -0.3 is 24.9 Å². The standard InChI is InChI=1S/C30H26Cl3N5O3/c31-21-8-4-10-25(37-11-13-38(14-12-37)30(40)24-16-18-5-1-2-9-22(18)35-24)27(21)23-17-26(41-36-23)19-6-3-7-20(15-19)34-29(39)28(32)33/h1-10,15-16,26,28,35H,11-14,17H2,(H,34,39). The fourth-order valence-corrected chi connectivity index (χ4v) is 5.68. The molecule has 2 N–H and O–H groups in total. The third-order valence-corrected chi connectivity index (χ3v) is 8.05. The number of hydrogen-bond acceptors (Lipinski definition) is 5. The van der Waals surface area contributed by atoms with Crippen LogP contribution in [0.3, 0.4) is 0 Å². The van der Waals surface area contributed by atoms with Gasteiger partial charge in [-0.15, -0.1) is 0 Å².